The van der Waals surface area contributed by atoms with Crippen LogP contribution in [0.3, 0.4) is 0 Å². The van der Waals surface area contributed by atoms with Gasteiger partial charge in [-0.2, -0.15) is 8.78 Å². The zero-order valence-corrected chi connectivity index (χ0v) is 13.7. The summed E-state index contributed by atoms with van der Waals surface area (Å²) >= 11 is 0. The van der Waals surface area contributed by atoms with E-state index in [0.29, 0.717) is 37.7 Å². The van der Waals surface area contributed by atoms with Crippen molar-refractivity contribution in [2.45, 2.75) is 33.8 Å². The van der Waals surface area contributed by atoms with E-state index in [4.69, 9.17) is 4.74 Å². The molecule has 5 nitrogen and oxygen atoms in total. The van der Waals surface area contributed by atoms with Gasteiger partial charge in [0.2, 0.25) is 0 Å². The number of nitrogens with one attached hydrogen (secondary N) is 2. The zero-order chi connectivity index (χ0) is 17.2. The Balaban J connectivity index is 2.42. The molecule has 23 heavy (non-hydrogen) atoms. The minimum Gasteiger partial charge on any atom is -0.433 e. The molecule has 2 N–H and O–H groups in total. The molecule has 0 aliphatic carbocycles. The summed E-state index contributed by atoms with van der Waals surface area (Å²) in [5.41, 5.74) is 0.875. The predicted molar refractivity (Wildman–Crippen MR) is 85.1 cm³/mol. The number of hydrogen-bond acceptors (Lipinski definition) is 3. The van der Waals surface area contributed by atoms with Crippen LogP contribution in [-0.2, 0) is 4.74 Å². The molecule has 0 saturated heterocycles. The maximum Gasteiger partial charge on any atom is 0.387 e. The lowest BCUT2D eigenvalue weighted by atomic mass is 10.2. The zero-order valence-electron chi connectivity index (χ0n) is 13.7. The highest BCUT2D eigenvalue weighted by Crippen LogP contribution is 2.29. The first-order valence-electron chi connectivity index (χ1n) is 7.57. The number of carbonyl (C=O) groups is 1. The van der Waals surface area contributed by atoms with E-state index in [1.807, 2.05) is 0 Å². The Morgan fingerprint density at radius 2 is 2.04 bits per heavy atom. The summed E-state index contributed by atoms with van der Waals surface area (Å²) in [6.07, 6.45) is 0.675. The van der Waals surface area contributed by atoms with Crippen molar-refractivity contribution in [3.8, 4) is 5.75 Å². The Morgan fingerprint density at radius 3 is 2.70 bits per heavy atom. The number of rotatable bonds is 9. The SMILES string of the molecule is Cc1cccc(OC(F)F)c1NC(=O)NCCCOCC(C)C. The van der Waals surface area contributed by atoms with Crippen molar-refractivity contribution in [1.29, 1.82) is 0 Å². The molecule has 2 amide bonds. The third kappa shape index (κ3) is 7.78. The molecule has 7 heteroatoms. The van der Waals surface area contributed by atoms with Crippen molar-refractivity contribution in [3.05, 3.63) is 23.8 Å². The summed E-state index contributed by atoms with van der Waals surface area (Å²) in [7, 11) is 0. The maximum atomic E-state index is 12.4. The Bertz CT molecular complexity index is 496. The number of hydrogen-bond donors (Lipinski definition) is 2. The maximum absolute atomic E-state index is 12.4. The molecule has 130 valence electrons. The van der Waals surface area contributed by atoms with E-state index in [2.05, 4.69) is 29.2 Å². The van der Waals surface area contributed by atoms with Gasteiger partial charge in [0.1, 0.15) is 5.75 Å². The lowest BCUT2D eigenvalue weighted by molar-refractivity contribution is -0.0493. The van der Waals surface area contributed by atoms with Crippen molar-refractivity contribution in [2.75, 3.05) is 25.1 Å². The average molecular weight is 330 g/mol. The minimum absolute atomic E-state index is 0.0598. The standard InChI is InChI=1S/C16H24F2N2O3/c1-11(2)10-22-9-5-8-19-16(21)20-14-12(3)6-4-7-13(14)23-15(17)18/h4,6-7,11,15H,5,8-10H2,1-3H3,(H2,19,20,21). The van der Waals surface area contributed by atoms with E-state index < -0.39 is 12.6 Å². The van der Waals surface area contributed by atoms with Crippen LogP contribution in [-0.4, -0.2) is 32.4 Å². The summed E-state index contributed by atoms with van der Waals surface area (Å²) in [4.78, 5) is 11.8. The molecule has 0 aromatic heterocycles. The number of anilines is 1. The fourth-order valence-electron chi connectivity index (χ4n) is 1.85. The second-order valence-corrected chi connectivity index (χ2v) is 5.53. The Morgan fingerprint density at radius 1 is 1.30 bits per heavy atom. The second-order valence-electron chi connectivity index (χ2n) is 5.53. The fourth-order valence-corrected chi connectivity index (χ4v) is 1.85. The normalized spacial score (nSPS) is 10.9. The quantitative estimate of drug-likeness (QED) is 0.678. The van der Waals surface area contributed by atoms with Crippen LogP contribution in [0.25, 0.3) is 0 Å². The lowest BCUT2D eigenvalue weighted by Crippen LogP contribution is -2.30. The highest BCUT2D eigenvalue weighted by molar-refractivity contribution is 5.91. The molecule has 0 heterocycles. The van der Waals surface area contributed by atoms with Gasteiger partial charge in [-0.25, -0.2) is 4.79 Å². The monoisotopic (exact) mass is 330 g/mol. The molecular formula is C16H24F2N2O3. The summed E-state index contributed by atoms with van der Waals surface area (Å²) < 4.78 is 34.6. The van der Waals surface area contributed by atoms with E-state index in [1.165, 1.54) is 6.07 Å². The average Bonchev–Trinajstić information content (AvgIpc) is 2.45. The molecule has 0 bridgehead atoms. The van der Waals surface area contributed by atoms with Crippen molar-refractivity contribution >= 4 is 11.7 Å². The molecule has 0 saturated carbocycles. The lowest BCUT2D eigenvalue weighted by Gasteiger charge is -2.15. The van der Waals surface area contributed by atoms with Gasteiger partial charge in [0.15, 0.2) is 0 Å². The predicted octanol–water partition coefficient (Wildman–Crippen LogP) is 3.78. The number of amides is 2. The first-order valence-corrected chi connectivity index (χ1v) is 7.57. The van der Waals surface area contributed by atoms with E-state index in [9.17, 15) is 13.6 Å². The Labute approximate surface area is 135 Å². The summed E-state index contributed by atoms with van der Waals surface area (Å²) in [6, 6.07) is 4.20. The Hall–Kier alpha value is -1.89. The number of para-hydroxylation sites is 1. The first-order chi connectivity index (χ1) is 10.9. The van der Waals surface area contributed by atoms with Gasteiger partial charge >= 0.3 is 12.6 Å². The molecule has 1 aromatic rings. The van der Waals surface area contributed by atoms with E-state index >= 15 is 0 Å². The molecule has 0 aliphatic rings. The third-order valence-electron chi connectivity index (χ3n) is 2.89. The number of alkyl halides is 2. The molecular weight excluding hydrogens is 306 g/mol. The summed E-state index contributed by atoms with van der Waals surface area (Å²) in [6.45, 7) is 4.55. The summed E-state index contributed by atoms with van der Waals surface area (Å²) in [5.74, 6) is 0.413. The molecule has 0 spiro atoms. The third-order valence-corrected chi connectivity index (χ3v) is 2.89. The van der Waals surface area contributed by atoms with Crippen molar-refractivity contribution in [3.63, 3.8) is 0 Å². The van der Waals surface area contributed by atoms with Crippen molar-refractivity contribution < 1.29 is 23.0 Å². The van der Waals surface area contributed by atoms with Gasteiger partial charge in [-0.1, -0.05) is 26.0 Å². The van der Waals surface area contributed by atoms with Crippen LogP contribution >= 0.6 is 0 Å². The van der Waals surface area contributed by atoms with Gasteiger partial charge in [-0.3, -0.25) is 0 Å². The largest absolute Gasteiger partial charge is 0.433 e. The molecule has 1 aromatic carbocycles. The van der Waals surface area contributed by atoms with Crippen LogP contribution in [0.2, 0.25) is 0 Å². The number of benzene rings is 1. The van der Waals surface area contributed by atoms with Gasteiger partial charge in [0.25, 0.3) is 0 Å². The van der Waals surface area contributed by atoms with E-state index in [0.717, 1.165) is 0 Å². The van der Waals surface area contributed by atoms with Gasteiger partial charge in [0, 0.05) is 19.8 Å². The number of halogens is 2. The molecule has 0 aliphatic heterocycles. The molecule has 1 rings (SSSR count). The molecule has 0 atom stereocenters. The number of aryl methyl sites for hydroxylation is 1. The van der Waals surface area contributed by atoms with Crippen LogP contribution in [0.5, 0.6) is 5.75 Å². The van der Waals surface area contributed by atoms with Gasteiger partial charge in [-0.15, -0.1) is 0 Å². The summed E-state index contributed by atoms with van der Waals surface area (Å²) in [5, 5.41) is 5.20. The Kier molecular flexibility index (Phi) is 8.32. The van der Waals surface area contributed by atoms with Gasteiger partial charge < -0.3 is 20.1 Å². The highest BCUT2D eigenvalue weighted by atomic mass is 19.3. The van der Waals surface area contributed by atoms with Crippen molar-refractivity contribution in [1.82, 2.24) is 5.32 Å². The highest BCUT2D eigenvalue weighted by Gasteiger charge is 2.13. The van der Waals surface area contributed by atoms with E-state index in [-0.39, 0.29) is 11.4 Å². The van der Waals surface area contributed by atoms with Crippen LogP contribution in [0.4, 0.5) is 19.3 Å². The van der Waals surface area contributed by atoms with Gasteiger partial charge in [-0.05, 0) is 30.9 Å². The number of urea groups is 1. The number of ether oxygens (including phenoxy) is 2. The first kappa shape index (κ1) is 19.2. The fraction of sp³-hybridized carbons (Fsp3) is 0.562. The van der Waals surface area contributed by atoms with Gasteiger partial charge in [0.05, 0.1) is 5.69 Å². The molecule has 0 fully saturated rings. The topological polar surface area (TPSA) is 59.6 Å². The van der Waals surface area contributed by atoms with Crippen LogP contribution in [0, 0.1) is 12.8 Å². The number of carbonyl (C=O) groups excluding carboxylic acids is 1. The van der Waals surface area contributed by atoms with Crippen molar-refractivity contribution in [2.24, 2.45) is 5.92 Å². The molecule has 0 radical (unpaired) electrons. The smallest absolute Gasteiger partial charge is 0.387 e. The minimum atomic E-state index is -2.95. The van der Waals surface area contributed by atoms with E-state index in [1.54, 1.807) is 19.1 Å². The molecule has 0 unspecified atom stereocenters. The van der Waals surface area contributed by atoms with Crippen LogP contribution in [0.15, 0.2) is 18.2 Å². The van der Waals surface area contributed by atoms with Crippen LogP contribution < -0.4 is 15.4 Å². The van der Waals surface area contributed by atoms with Crippen LogP contribution in [0.1, 0.15) is 25.8 Å². The second kappa shape index (κ2) is 9.99.